The first-order chi connectivity index (χ1) is 6.04. The van der Waals surface area contributed by atoms with Gasteiger partial charge in [0.15, 0.2) is 0 Å². The fourth-order valence-electron chi connectivity index (χ4n) is 0.822. The van der Waals surface area contributed by atoms with Crippen LogP contribution in [-0.4, -0.2) is 16.1 Å². The van der Waals surface area contributed by atoms with Crippen molar-refractivity contribution in [3.63, 3.8) is 0 Å². The number of carboxylic acid groups (broad SMARTS) is 1. The Hall–Kier alpha value is -1.72. The van der Waals surface area contributed by atoms with Gasteiger partial charge in [0.1, 0.15) is 5.56 Å². The predicted octanol–water partition coefficient (Wildman–Crippen LogP) is 1.01. The molecule has 0 saturated carbocycles. The third kappa shape index (κ3) is 1.71. The summed E-state index contributed by atoms with van der Waals surface area (Å²) in [5.74, 6) is -1.52. The van der Waals surface area contributed by atoms with Gasteiger partial charge >= 0.3 is 5.97 Å². The largest absolute Gasteiger partial charge is 0.477 e. The molecule has 0 atom stereocenters. The van der Waals surface area contributed by atoms with E-state index in [0.717, 1.165) is 12.4 Å². The van der Waals surface area contributed by atoms with Crippen LogP contribution in [0.5, 0.6) is 0 Å². The topological polar surface area (TPSA) is 70.2 Å². The van der Waals surface area contributed by atoms with Crippen LogP contribution in [0.1, 0.15) is 22.3 Å². The number of rotatable bonds is 2. The summed E-state index contributed by atoms with van der Waals surface area (Å²) >= 11 is 0. The van der Waals surface area contributed by atoms with Gasteiger partial charge in [-0.25, -0.2) is 13.6 Å². The van der Waals surface area contributed by atoms with Crippen molar-refractivity contribution in [2.45, 2.75) is 6.43 Å². The standard InChI is InChI=1S/C7H5F2NO3/c8-6(9)3-1-10-2-4(5(3)11)7(12)13/h1-2,6H,(H,10,11)(H,12,13). The molecule has 0 aliphatic carbocycles. The van der Waals surface area contributed by atoms with Gasteiger partial charge in [0.05, 0.1) is 5.56 Å². The maximum absolute atomic E-state index is 12.1. The highest BCUT2D eigenvalue weighted by atomic mass is 19.3. The average molecular weight is 189 g/mol. The molecule has 6 heteroatoms. The summed E-state index contributed by atoms with van der Waals surface area (Å²) < 4.78 is 24.1. The molecule has 0 amide bonds. The van der Waals surface area contributed by atoms with Gasteiger partial charge in [-0.2, -0.15) is 0 Å². The van der Waals surface area contributed by atoms with E-state index in [1.807, 2.05) is 0 Å². The van der Waals surface area contributed by atoms with Crippen molar-refractivity contribution in [3.8, 4) is 0 Å². The smallest absolute Gasteiger partial charge is 0.341 e. The molecule has 0 aliphatic rings. The van der Waals surface area contributed by atoms with Crippen LogP contribution < -0.4 is 5.43 Å². The predicted molar refractivity (Wildman–Crippen MR) is 39.0 cm³/mol. The lowest BCUT2D eigenvalue weighted by Crippen LogP contribution is -2.19. The second-order valence-corrected chi connectivity index (χ2v) is 2.26. The van der Waals surface area contributed by atoms with Crippen molar-refractivity contribution in [1.29, 1.82) is 0 Å². The molecular weight excluding hydrogens is 184 g/mol. The second kappa shape index (κ2) is 3.34. The van der Waals surface area contributed by atoms with Gasteiger partial charge in [0.25, 0.3) is 6.43 Å². The number of aromatic carboxylic acids is 1. The van der Waals surface area contributed by atoms with E-state index in [0.29, 0.717) is 0 Å². The number of aromatic nitrogens is 1. The maximum atomic E-state index is 12.1. The van der Waals surface area contributed by atoms with Gasteiger partial charge in [-0.3, -0.25) is 4.79 Å². The first-order valence-corrected chi connectivity index (χ1v) is 3.26. The minimum atomic E-state index is -2.97. The van der Waals surface area contributed by atoms with E-state index in [1.54, 1.807) is 0 Å². The number of aromatic amines is 1. The molecule has 0 spiro atoms. The summed E-state index contributed by atoms with van der Waals surface area (Å²) in [6.07, 6.45) is -1.31. The number of halogens is 2. The highest BCUT2D eigenvalue weighted by Gasteiger charge is 2.17. The maximum Gasteiger partial charge on any atom is 0.341 e. The zero-order valence-corrected chi connectivity index (χ0v) is 6.25. The van der Waals surface area contributed by atoms with E-state index >= 15 is 0 Å². The molecule has 1 aromatic rings. The highest BCUT2D eigenvalue weighted by molar-refractivity contribution is 5.87. The molecule has 0 aromatic carbocycles. The lowest BCUT2D eigenvalue weighted by Gasteiger charge is -1.98. The van der Waals surface area contributed by atoms with Crippen molar-refractivity contribution in [2.75, 3.05) is 0 Å². The quantitative estimate of drug-likeness (QED) is 0.729. The molecular formula is C7H5F2NO3. The van der Waals surface area contributed by atoms with Gasteiger partial charge in [0, 0.05) is 12.4 Å². The second-order valence-electron chi connectivity index (χ2n) is 2.26. The number of H-pyrrole nitrogens is 1. The van der Waals surface area contributed by atoms with Crippen LogP contribution in [0, 0.1) is 0 Å². The molecule has 0 aliphatic heterocycles. The number of hydrogen-bond acceptors (Lipinski definition) is 2. The lowest BCUT2D eigenvalue weighted by atomic mass is 10.2. The molecule has 0 radical (unpaired) electrons. The van der Waals surface area contributed by atoms with Crippen LogP contribution in [0.15, 0.2) is 17.2 Å². The van der Waals surface area contributed by atoms with Crippen LogP contribution >= 0.6 is 0 Å². The Bertz CT molecular complexity index is 386. The lowest BCUT2D eigenvalue weighted by molar-refractivity contribution is 0.0694. The number of hydrogen-bond donors (Lipinski definition) is 2. The van der Waals surface area contributed by atoms with Crippen LogP contribution in [0.3, 0.4) is 0 Å². The molecule has 13 heavy (non-hydrogen) atoms. The van der Waals surface area contributed by atoms with E-state index in [1.165, 1.54) is 0 Å². The van der Waals surface area contributed by atoms with Crippen LogP contribution in [0.4, 0.5) is 8.78 Å². The monoisotopic (exact) mass is 189 g/mol. The molecule has 4 nitrogen and oxygen atoms in total. The number of alkyl halides is 2. The highest BCUT2D eigenvalue weighted by Crippen LogP contribution is 2.13. The van der Waals surface area contributed by atoms with E-state index in [2.05, 4.69) is 4.98 Å². The molecule has 2 N–H and O–H groups in total. The van der Waals surface area contributed by atoms with E-state index in [-0.39, 0.29) is 0 Å². The normalized spacial score (nSPS) is 10.4. The number of nitrogens with one attached hydrogen (secondary N) is 1. The molecule has 1 heterocycles. The minimum Gasteiger partial charge on any atom is -0.477 e. The molecule has 0 fully saturated rings. The SMILES string of the molecule is O=C(O)c1c[nH]cc(C(F)F)c1=O. The summed E-state index contributed by atoms with van der Waals surface area (Å²) in [6.45, 7) is 0. The van der Waals surface area contributed by atoms with Gasteiger partial charge in [-0.05, 0) is 0 Å². The summed E-state index contributed by atoms with van der Waals surface area (Å²) in [7, 11) is 0. The Morgan fingerprint density at radius 1 is 1.46 bits per heavy atom. The van der Waals surface area contributed by atoms with Gasteiger partial charge < -0.3 is 10.1 Å². The molecule has 0 unspecified atom stereocenters. The van der Waals surface area contributed by atoms with E-state index in [4.69, 9.17) is 5.11 Å². The van der Waals surface area contributed by atoms with Crippen molar-refractivity contribution < 1.29 is 18.7 Å². The van der Waals surface area contributed by atoms with E-state index < -0.39 is 29.0 Å². The van der Waals surface area contributed by atoms with Crippen LogP contribution in [-0.2, 0) is 0 Å². The van der Waals surface area contributed by atoms with Gasteiger partial charge in [-0.1, -0.05) is 0 Å². The minimum absolute atomic E-state index is 0.683. The van der Waals surface area contributed by atoms with Crippen molar-refractivity contribution in [3.05, 3.63) is 33.7 Å². The van der Waals surface area contributed by atoms with Gasteiger partial charge in [0.2, 0.25) is 5.43 Å². The van der Waals surface area contributed by atoms with E-state index in [9.17, 15) is 18.4 Å². The van der Waals surface area contributed by atoms with Crippen molar-refractivity contribution in [2.24, 2.45) is 0 Å². The van der Waals surface area contributed by atoms with Crippen molar-refractivity contribution in [1.82, 2.24) is 4.98 Å². The van der Waals surface area contributed by atoms with Gasteiger partial charge in [-0.15, -0.1) is 0 Å². The fourth-order valence-corrected chi connectivity index (χ4v) is 0.822. The average Bonchev–Trinajstić information content (AvgIpc) is 2.03. The number of carboxylic acids is 1. The summed E-state index contributed by atoms with van der Waals surface area (Å²) in [5, 5.41) is 8.41. The Kier molecular flexibility index (Phi) is 2.41. The van der Waals surface area contributed by atoms with Crippen LogP contribution in [0.2, 0.25) is 0 Å². The molecule has 1 rings (SSSR count). The Morgan fingerprint density at radius 3 is 2.54 bits per heavy atom. The van der Waals surface area contributed by atoms with Crippen molar-refractivity contribution >= 4 is 5.97 Å². The zero-order valence-electron chi connectivity index (χ0n) is 6.25. The fraction of sp³-hybridized carbons (Fsp3) is 0.143. The third-order valence-electron chi connectivity index (χ3n) is 1.44. The summed E-state index contributed by atoms with van der Waals surface area (Å²) in [4.78, 5) is 23.5. The Morgan fingerprint density at radius 2 is 2.08 bits per heavy atom. The van der Waals surface area contributed by atoms with Crippen LogP contribution in [0.25, 0.3) is 0 Å². The molecule has 0 saturated heterocycles. The number of pyridine rings is 1. The summed E-state index contributed by atoms with van der Waals surface area (Å²) in [6, 6.07) is 0. The zero-order chi connectivity index (χ0) is 10.0. The molecule has 0 bridgehead atoms. The first kappa shape index (κ1) is 9.37. The Labute approximate surface area is 70.8 Å². The summed E-state index contributed by atoms with van der Waals surface area (Å²) in [5.41, 5.74) is -2.67. The number of carbonyl (C=O) groups is 1. The first-order valence-electron chi connectivity index (χ1n) is 3.26. The molecule has 1 aromatic heterocycles. The molecule has 70 valence electrons. The Balaban J connectivity index is 3.36. The third-order valence-corrected chi connectivity index (χ3v) is 1.44.